The zero-order chi connectivity index (χ0) is 14.0. The van der Waals surface area contributed by atoms with Crippen LogP contribution in [0.4, 0.5) is 11.4 Å². The van der Waals surface area contributed by atoms with Gasteiger partial charge in [0.2, 0.25) is 0 Å². The lowest BCUT2D eigenvalue weighted by Gasteiger charge is -2.25. The maximum Gasteiger partial charge on any atom is 0.304 e. The number of nitro benzene ring substituents is 1. The number of hydrogen-bond acceptors (Lipinski definition) is 4. The fourth-order valence-electron chi connectivity index (χ4n) is 2.57. The second kappa shape index (κ2) is 4.87. The van der Waals surface area contributed by atoms with Crippen molar-refractivity contribution in [2.75, 3.05) is 5.73 Å². The summed E-state index contributed by atoms with van der Waals surface area (Å²) >= 11 is 0. The Hall–Kier alpha value is -2.11. The minimum absolute atomic E-state index is 0.00854. The van der Waals surface area contributed by atoms with E-state index in [-0.39, 0.29) is 22.5 Å². The van der Waals surface area contributed by atoms with Crippen LogP contribution in [0, 0.1) is 10.1 Å². The molecule has 0 aromatic heterocycles. The first-order valence-corrected chi connectivity index (χ1v) is 6.28. The molecule has 0 saturated heterocycles. The van der Waals surface area contributed by atoms with E-state index in [0.29, 0.717) is 0 Å². The third-order valence-electron chi connectivity index (χ3n) is 3.62. The highest BCUT2D eigenvalue weighted by molar-refractivity contribution is 6.00. The van der Waals surface area contributed by atoms with Crippen molar-refractivity contribution in [3.8, 4) is 0 Å². The summed E-state index contributed by atoms with van der Waals surface area (Å²) in [5.41, 5.74) is 5.03. The van der Waals surface area contributed by atoms with Crippen molar-refractivity contribution in [1.82, 2.24) is 5.32 Å². The Kier molecular flexibility index (Phi) is 3.42. The predicted octanol–water partition coefficient (Wildman–Crippen LogP) is 2.24. The Labute approximate surface area is 111 Å². The number of anilines is 1. The number of rotatable bonds is 3. The van der Waals surface area contributed by atoms with E-state index in [1.165, 1.54) is 12.1 Å². The number of carbonyl (C=O) groups excluding carboxylic acids is 1. The Morgan fingerprint density at radius 1 is 1.42 bits per heavy atom. The molecule has 1 saturated carbocycles. The van der Waals surface area contributed by atoms with Crippen molar-refractivity contribution < 1.29 is 9.72 Å². The molecule has 1 aliphatic rings. The van der Waals surface area contributed by atoms with Gasteiger partial charge in [-0.3, -0.25) is 14.9 Å². The predicted molar refractivity (Wildman–Crippen MR) is 71.8 cm³/mol. The Morgan fingerprint density at radius 2 is 2.05 bits per heavy atom. The van der Waals surface area contributed by atoms with Crippen molar-refractivity contribution in [3.05, 3.63) is 33.9 Å². The normalized spacial score (nSPS) is 17.1. The molecule has 19 heavy (non-hydrogen) atoms. The number of nitrogen functional groups attached to an aromatic ring is 1. The van der Waals surface area contributed by atoms with Gasteiger partial charge in [0, 0.05) is 5.54 Å². The third-order valence-corrected chi connectivity index (χ3v) is 3.62. The summed E-state index contributed by atoms with van der Waals surface area (Å²) in [5, 5.41) is 13.9. The second-order valence-corrected chi connectivity index (χ2v) is 5.22. The largest absolute Gasteiger partial charge is 0.393 e. The van der Waals surface area contributed by atoms with Crippen LogP contribution in [-0.2, 0) is 0 Å². The zero-order valence-corrected chi connectivity index (χ0v) is 10.8. The van der Waals surface area contributed by atoms with E-state index >= 15 is 0 Å². The van der Waals surface area contributed by atoms with Crippen LogP contribution < -0.4 is 11.1 Å². The van der Waals surface area contributed by atoms with Crippen LogP contribution in [0.15, 0.2) is 18.2 Å². The van der Waals surface area contributed by atoms with E-state index in [2.05, 4.69) is 5.32 Å². The molecule has 0 radical (unpaired) electrons. The van der Waals surface area contributed by atoms with E-state index in [1.54, 1.807) is 6.07 Å². The van der Waals surface area contributed by atoms with Gasteiger partial charge < -0.3 is 11.1 Å². The van der Waals surface area contributed by atoms with Gasteiger partial charge in [-0.2, -0.15) is 0 Å². The molecule has 2 rings (SSSR count). The number of nitrogens with two attached hydrogens (primary N) is 1. The molecule has 0 unspecified atom stereocenters. The van der Waals surface area contributed by atoms with Gasteiger partial charge >= 0.3 is 5.69 Å². The van der Waals surface area contributed by atoms with Crippen LogP contribution in [0.1, 0.15) is 43.0 Å². The number of nitrogens with zero attached hydrogens (tertiary/aromatic N) is 1. The lowest BCUT2D eigenvalue weighted by atomic mass is 9.99. The lowest BCUT2D eigenvalue weighted by molar-refractivity contribution is -0.384. The van der Waals surface area contributed by atoms with Gasteiger partial charge in [0.05, 0.1) is 4.92 Å². The zero-order valence-electron chi connectivity index (χ0n) is 10.8. The summed E-state index contributed by atoms with van der Waals surface area (Å²) in [7, 11) is 0. The molecule has 0 aliphatic heterocycles. The molecule has 1 aromatic carbocycles. The van der Waals surface area contributed by atoms with Crippen LogP contribution in [0.5, 0.6) is 0 Å². The molecule has 3 N–H and O–H groups in total. The molecule has 0 spiro atoms. The molecule has 1 aliphatic carbocycles. The summed E-state index contributed by atoms with van der Waals surface area (Å²) < 4.78 is 0. The molecule has 102 valence electrons. The molecule has 6 nitrogen and oxygen atoms in total. The fraction of sp³-hybridized carbons (Fsp3) is 0.462. The van der Waals surface area contributed by atoms with Crippen LogP contribution in [0.2, 0.25) is 0 Å². The minimum atomic E-state index is -0.610. The van der Waals surface area contributed by atoms with Crippen LogP contribution in [0.3, 0.4) is 0 Å². The molecule has 0 bridgehead atoms. The number of nitro groups is 1. The number of carbonyl (C=O) groups is 1. The summed E-state index contributed by atoms with van der Waals surface area (Å²) in [6.45, 7) is 1.97. The first-order chi connectivity index (χ1) is 8.93. The highest BCUT2D eigenvalue weighted by Gasteiger charge is 2.32. The molecule has 0 atom stereocenters. The maximum atomic E-state index is 12.2. The van der Waals surface area contributed by atoms with Crippen LogP contribution >= 0.6 is 0 Å². The van der Waals surface area contributed by atoms with Crippen LogP contribution in [-0.4, -0.2) is 16.4 Å². The lowest BCUT2D eigenvalue weighted by Crippen LogP contribution is -2.43. The first-order valence-electron chi connectivity index (χ1n) is 6.28. The SMILES string of the molecule is CC1(NC(=O)c2cccc(N)c2[N+](=O)[O-])CCCC1. The van der Waals surface area contributed by atoms with Gasteiger partial charge in [0.25, 0.3) is 5.91 Å². The second-order valence-electron chi connectivity index (χ2n) is 5.22. The number of benzene rings is 1. The number of hydrogen-bond donors (Lipinski definition) is 2. The Bertz CT molecular complexity index is 522. The summed E-state index contributed by atoms with van der Waals surface area (Å²) in [6, 6.07) is 4.41. The molecule has 6 heteroatoms. The number of para-hydroxylation sites is 1. The van der Waals surface area contributed by atoms with Gasteiger partial charge in [0.15, 0.2) is 0 Å². The van der Waals surface area contributed by atoms with Crippen molar-refractivity contribution in [2.24, 2.45) is 0 Å². The highest BCUT2D eigenvalue weighted by Crippen LogP contribution is 2.31. The van der Waals surface area contributed by atoms with E-state index in [4.69, 9.17) is 5.73 Å². The van der Waals surface area contributed by atoms with Gasteiger partial charge in [-0.25, -0.2) is 0 Å². The van der Waals surface area contributed by atoms with E-state index in [0.717, 1.165) is 25.7 Å². The summed E-state index contributed by atoms with van der Waals surface area (Å²) in [5.74, 6) is -0.427. The standard InChI is InChI=1S/C13H17N3O3/c1-13(7-2-3-8-13)15-12(17)9-5-4-6-10(14)11(9)16(18)19/h4-6H,2-3,7-8,14H2,1H3,(H,15,17). The van der Waals surface area contributed by atoms with E-state index in [9.17, 15) is 14.9 Å². The van der Waals surface area contributed by atoms with E-state index < -0.39 is 10.8 Å². The average Bonchev–Trinajstić information content (AvgIpc) is 2.74. The van der Waals surface area contributed by atoms with Gasteiger partial charge in [-0.05, 0) is 31.9 Å². The quantitative estimate of drug-likeness (QED) is 0.496. The molecule has 1 amide bonds. The van der Waals surface area contributed by atoms with Crippen molar-refractivity contribution in [2.45, 2.75) is 38.1 Å². The summed E-state index contributed by atoms with van der Waals surface area (Å²) in [6.07, 6.45) is 3.93. The topological polar surface area (TPSA) is 98.3 Å². The van der Waals surface area contributed by atoms with Gasteiger partial charge in [0.1, 0.15) is 11.3 Å². The van der Waals surface area contributed by atoms with Crippen molar-refractivity contribution in [3.63, 3.8) is 0 Å². The average molecular weight is 263 g/mol. The van der Waals surface area contributed by atoms with Gasteiger partial charge in [-0.15, -0.1) is 0 Å². The minimum Gasteiger partial charge on any atom is -0.393 e. The molecular weight excluding hydrogens is 246 g/mol. The third kappa shape index (κ3) is 2.67. The van der Waals surface area contributed by atoms with E-state index in [1.807, 2.05) is 6.92 Å². The number of nitrogens with one attached hydrogen (secondary N) is 1. The Morgan fingerprint density at radius 3 is 2.63 bits per heavy atom. The van der Waals surface area contributed by atoms with Gasteiger partial charge in [-0.1, -0.05) is 18.9 Å². The molecule has 1 fully saturated rings. The molecule has 0 heterocycles. The highest BCUT2D eigenvalue weighted by atomic mass is 16.6. The molecular formula is C13H17N3O3. The van der Waals surface area contributed by atoms with Crippen molar-refractivity contribution >= 4 is 17.3 Å². The maximum absolute atomic E-state index is 12.2. The molecule has 1 aromatic rings. The van der Waals surface area contributed by atoms with Crippen molar-refractivity contribution in [1.29, 1.82) is 0 Å². The Balaban J connectivity index is 2.29. The monoisotopic (exact) mass is 263 g/mol. The van der Waals surface area contributed by atoms with Crippen LogP contribution in [0.25, 0.3) is 0 Å². The first kappa shape index (κ1) is 13.3. The summed E-state index contributed by atoms with van der Waals surface area (Å²) in [4.78, 5) is 22.6. The smallest absolute Gasteiger partial charge is 0.304 e. The number of amides is 1. The fourth-order valence-corrected chi connectivity index (χ4v) is 2.57.